The second kappa shape index (κ2) is 15.1. The molecule has 172 valence electrons. The van der Waals surface area contributed by atoms with Crippen molar-refractivity contribution in [3.63, 3.8) is 0 Å². The molecule has 0 heterocycles. The van der Waals surface area contributed by atoms with Crippen LogP contribution < -0.4 is 15.4 Å². The van der Waals surface area contributed by atoms with Gasteiger partial charge in [0.25, 0.3) is 0 Å². The number of likely N-dealkylation sites (N-methyl/N-ethyl adjacent to an activating group) is 1. The Morgan fingerprint density at radius 2 is 1.87 bits per heavy atom. The summed E-state index contributed by atoms with van der Waals surface area (Å²) in [4.78, 5) is 17.0. The molecular formula is C19H30F3IN4O3. The summed E-state index contributed by atoms with van der Waals surface area (Å²) in [6.45, 7) is 2.37. The van der Waals surface area contributed by atoms with Crippen LogP contribution in [0.4, 0.5) is 13.2 Å². The molecule has 0 aromatic heterocycles. The van der Waals surface area contributed by atoms with Crippen LogP contribution in [0, 0.1) is 0 Å². The molecule has 1 aromatic rings. The highest BCUT2D eigenvalue weighted by Gasteiger charge is 2.31. The average Bonchev–Trinajstić information content (AvgIpc) is 2.68. The van der Waals surface area contributed by atoms with Crippen LogP contribution in [-0.4, -0.2) is 69.9 Å². The van der Waals surface area contributed by atoms with Crippen molar-refractivity contribution in [1.82, 2.24) is 15.5 Å². The van der Waals surface area contributed by atoms with Gasteiger partial charge in [-0.1, -0.05) is 12.1 Å². The summed E-state index contributed by atoms with van der Waals surface area (Å²) in [6.07, 6.45) is -3.72. The predicted octanol–water partition coefficient (Wildman–Crippen LogP) is 2.80. The Morgan fingerprint density at radius 1 is 1.20 bits per heavy atom. The highest BCUT2D eigenvalue weighted by atomic mass is 127. The predicted molar refractivity (Wildman–Crippen MR) is 120 cm³/mol. The van der Waals surface area contributed by atoms with E-state index in [2.05, 4.69) is 15.6 Å². The van der Waals surface area contributed by atoms with E-state index in [1.165, 1.54) is 0 Å². The average molecular weight is 546 g/mol. The summed E-state index contributed by atoms with van der Waals surface area (Å²) in [5.74, 6) is 0.380. The van der Waals surface area contributed by atoms with Crippen LogP contribution in [0.2, 0.25) is 0 Å². The van der Waals surface area contributed by atoms with E-state index < -0.39 is 18.6 Å². The van der Waals surface area contributed by atoms with Gasteiger partial charge in [0.05, 0.1) is 20.2 Å². The van der Waals surface area contributed by atoms with Crippen molar-refractivity contribution in [2.45, 2.75) is 26.1 Å². The summed E-state index contributed by atoms with van der Waals surface area (Å²) >= 11 is 0. The van der Waals surface area contributed by atoms with Gasteiger partial charge in [0, 0.05) is 26.8 Å². The molecule has 1 amide bonds. The van der Waals surface area contributed by atoms with E-state index in [4.69, 9.17) is 9.47 Å². The standard InChI is InChI=1S/C19H29F3N4O3.HI/c1-4-29-11-5-10-23-18(24-12-15-6-8-16(28-3)9-7-15)25-13-17(27)26(2)14-19(20,21)22;/h6-9H,4-5,10-14H2,1-3H3,(H2,23,24,25);1H. The van der Waals surface area contributed by atoms with E-state index in [0.29, 0.717) is 37.2 Å². The van der Waals surface area contributed by atoms with Gasteiger partial charge in [-0.05, 0) is 31.0 Å². The number of rotatable bonds is 11. The molecule has 0 fully saturated rings. The minimum absolute atomic E-state index is 0. The van der Waals surface area contributed by atoms with Crippen molar-refractivity contribution < 1.29 is 27.4 Å². The number of alkyl halides is 3. The molecule has 1 rings (SSSR count). The molecule has 0 atom stereocenters. The fourth-order valence-corrected chi connectivity index (χ4v) is 2.25. The third-order valence-corrected chi connectivity index (χ3v) is 3.79. The van der Waals surface area contributed by atoms with Gasteiger partial charge in [-0.15, -0.1) is 24.0 Å². The molecule has 0 saturated heterocycles. The molecule has 0 unspecified atom stereocenters. The van der Waals surface area contributed by atoms with Crippen molar-refractivity contribution in [2.75, 3.05) is 47.0 Å². The molecule has 0 radical (unpaired) electrons. The number of nitrogens with zero attached hydrogens (tertiary/aromatic N) is 2. The van der Waals surface area contributed by atoms with Crippen LogP contribution in [0.3, 0.4) is 0 Å². The van der Waals surface area contributed by atoms with Crippen molar-refractivity contribution in [1.29, 1.82) is 0 Å². The van der Waals surface area contributed by atoms with Crippen LogP contribution >= 0.6 is 24.0 Å². The van der Waals surface area contributed by atoms with Crippen LogP contribution in [0.25, 0.3) is 0 Å². The number of nitrogens with one attached hydrogen (secondary N) is 2. The fraction of sp³-hybridized carbons (Fsp3) is 0.579. The summed E-state index contributed by atoms with van der Waals surface area (Å²) in [6, 6.07) is 7.33. The molecule has 0 aliphatic rings. The van der Waals surface area contributed by atoms with Gasteiger partial charge in [-0.2, -0.15) is 13.2 Å². The monoisotopic (exact) mass is 546 g/mol. The summed E-state index contributed by atoms with van der Waals surface area (Å²) in [5, 5.41) is 5.84. The first-order valence-electron chi connectivity index (χ1n) is 9.28. The first kappa shape index (κ1) is 28.2. The van der Waals surface area contributed by atoms with Gasteiger partial charge < -0.3 is 25.0 Å². The lowest BCUT2D eigenvalue weighted by molar-refractivity contribution is -0.157. The van der Waals surface area contributed by atoms with Gasteiger partial charge in [0.1, 0.15) is 12.3 Å². The summed E-state index contributed by atoms with van der Waals surface area (Å²) in [5.41, 5.74) is 0.918. The highest BCUT2D eigenvalue weighted by Crippen LogP contribution is 2.15. The molecule has 7 nitrogen and oxygen atoms in total. The number of aliphatic imine (C=N–C) groups is 1. The molecular weight excluding hydrogens is 516 g/mol. The van der Waals surface area contributed by atoms with E-state index in [-0.39, 0.29) is 30.5 Å². The number of benzene rings is 1. The third kappa shape index (κ3) is 12.7. The molecule has 0 bridgehead atoms. The van der Waals surface area contributed by atoms with E-state index in [1.807, 2.05) is 31.2 Å². The van der Waals surface area contributed by atoms with E-state index in [9.17, 15) is 18.0 Å². The number of halogens is 4. The van der Waals surface area contributed by atoms with E-state index in [0.717, 1.165) is 24.8 Å². The third-order valence-electron chi connectivity index (χ3n) is 3.79. The lowest BCUT2D eigenvalue weighted by atomic mass is 10.2. The zero-order valence-corrected chi connectivity index (χ0v) is 19.8. The number of hydrogen-bond acceptors (Lipinski definition) is 4. The zero-order chi connectivity index (χ0) is 21.7. The number of carbonyl (C=O) groups excluding carboxylic acids is 1. The maximum Gasteiger partial charge on any atom is 0.406 e. The Balaban J connectivity index is 0.00000841. The van der Waals surface area contributed by atoms with Crippen LogP contribution in [-0.2, 0) is 16.1 Å². The Labute approximate surface area is 192 Å². The maximum atomic E-state index is 12.4. The number of ether oxygens (including phenoxy) is 2. The smallest absolute Gasteiger partial charge is 0.406 e. The van der Waals surface area contributed by atoms with Gasteiger partial charge in [-0.3, -0.25) is 4.79 Å². The SMILES string of the molecule is CCOCCCNC(=NCc1ccc(OC)cc1)NCC(=O)N(C)CC(F)(F)F.I. The Kier molecular flexibility index (Phi) is 14.2. The van der Waals surface area contributed by atoms with Gasteiger partial charge in [-0.25, -0.2) is 4.99 Å². The second-order valence-electron chi connectivity index (χ2n) is 6.21. The minimum atomic E-state index is -4.44. The van der Waals surface area contributed by atoms with E-state index >= 15 is 0 Å². The van der Waals surface area contributed by atoms with Crippen LogP contribution in [0.15, 0.2) is 29.3 Å². The fourth-order valence-electron chi connectivity index (χ4n) is 2.25. The number of carbonyl (C=O) groups is 1. The minimum Gasteiger partial charge on any atom is -0.497 e. The molecule has 11 heteroatoms. The molecule has 0 aliphatic heterocycles. The molecule has 0 saturated carbocycles. The van der Waals surface area contributed by atoms with E-state index in [1.54, 1.807) is 7.11 Å². The quantitative estimate of drug-likeness (QED) is 0.193. The van der Waals surface area contributed by atoms with Crippen molar-refractivity contribution in [2.24, 2.45) is 4.99 Å². The number of guanidine groups is 1. The van der Waals surface area contributed by atoms with Crippen molar-refractivity contribution in [3.8, 4) is 5.75 Å². The van der Waals surface area contributed by atoms with Crippen LogP contribution in [0.5, 0.6) is 5.75 Å². The normalized spacial score (nSPS) is 11.5. The molecule has 30 heavy (non-hydrogen) atoms. The first-order valence-corrected chi connectivity index (χ1v) is 9.28. The summed E-state index contributed by atoms with van der Waals surface area (Å²) in [7, 11) is 2.69. The van der Waals surface area contributed by atoms with Gasteiger partial charge >= 0.3 is 6.18 Å². The Hall–Kier alpha value is -1.76. The molecule has 1 aromatic carbocycles. The summed E-state index contributed by atoms with van der Waals surface area (Å²) < 4.78 is 47.6. The maximum absolute atomic E-state index is 12.4. The zero-order valence-electron chi connectivity index (χ0n) is 17.4. The topological polar surface area (TPSA) is 75.2 Å². The Bertz CT molecular complexity index is 643. The van der Waals surface area contributed by atoms with Crippen molar-refractivity contribution in [3.05, 3.63) is 29.8 Å². The Morgan fingerprint density at radius 3 is 2.43 bits per heavy atom. The van der Waals surface area contributed by atoms with Crippen molar-refractivity contribution >= 4 is 35.8 Å². The lowest BCUT2D eigenvalue weighted by Gasteiger charge is -2.20. The molecule has 0 aliphatic carbocycles. The van der Waals surface area contributed by atoms with Crippen LogP contribution in [0.1, 0.15) is 18.9 Å². The first-order chi connectivity index (χ1) is 13.7. The lowest BCUT2D eigenvalue weighted by Crippen LogP contribution is -2.46. The van der Waals surface area contributed by atoms with Gasteiger partial charge in [0.2, 0.25) is 5.91 Å². The second-order valence-corrected chi connectivity index (χ2v) is 6.21. The van der Waals surface area contributed by atoms with Gasteiger partial charge in [0.15, 0.2) is 5.96 Å². The molecule has 0 spiro atoms. The molecule has 2 N–H and O–H groups in total. The number of amides is 1. The largest absolute Gasteiger partial charge is 0.497 e. The number of hydrogen-bond donors (Lipinski definition) is 2. The number of methoxy groups -OCH3 is 1. The highest BCUT2D eigenvalue weighted by molar-refractivity contribution is 14.0.